The second-order valence-electron chi connectivity index (χ2n) is 6.37. The zero-order chi connectivity index (χ0) is 18.9. The lowest BCUT2D eigenvalue weighted by atomic mass is 9.77. The molecule has 2 N–H and O–H groups in total. The maximum Gasteiger partial charge on any atom is 0.352 e. The van der Waals surface area contributed by atoms with Crippen LogP contribution >= 0.6 is 0 Å². The summed E-state index contributed by atoms with van der Waals surface area (Å²) in [5.41, 5.74) is 2.76. The van der Waals surface area contributed by atoms with Gasteiger partial charge >= 0.3 is 5.97 Å². The quantitative estimate of drug-likeness (QED) is 0.823. The zero-order valence-electron chi connectivity index (χ0n) is 15.5. The summed E-state index contributed by atoms with van der Waals surface area (Å²) in [6.07, 6.45) is 0.140. The van der Waals surface area contributed by atoms with Crippen LogP contribution in [0.4, 0.5) is 0 Å². The van der Waals surface area contributed by atoms with Crippen LogP contribution in [0.25, 0.3) is 5.57 Å². The van der Waals surface area contributed by atoms with E-state index >= 15 is 0 Å². The molecule has 4 unspecified atom stereocenters. The number of aryl methyl sites for hydroxylation is 1. The minimum atomic E-state index is -1.09. The molecule has 4 atom stereocenters. The maximum absolute atomic E-state index is 12.3. The lowest BCUT2D eigenvalue weighted by Gasteiger charge is -2.46. The standard InChI is InChI=1S/C18H21NO4.C2H6/c1-4-11-5-7-12(8-6-11)13-9(2)15-14(10(3)20)17(21)19(15)16(13)18(22)23;1-2/h5-10,14-15,20H,4H2,1-3H3,(H,22,23);1-2H3. The third-order valence-corrected chi connectivity index (χ3v) is 5.05. The first-order valence-corrected chi connectivity index (χ1v) is 8.96. The summed E-state index contributed by atoms with van der Waals surface area (Å²) in [5, 5.41) is 19.5. The van der Waals surface area contributed by atoms with Crippen molar-refractivity contribution in [2.45, 2.75) is 53.2 Å². The molecule has 0 saturated carbocycles. The van der Waals surface area contributed by atoms with E-state index in [0.717, 1.165) is 12.0 Å². The van der Waals surface area contributed by atoms with Crippen LogP contribution in [0.1, 0.15) is 45.7 Å². The Balaban J connectivity index is 0.00000109. The van der Waals surface area contributed by atoms with Gasteiger partial charge in [-0.25, -0.2) is 4.79 Å². The van der Waals surface area contributed by atoms with Gasteiger partial charge in [0.15, 0.2) is 0 Å². The van der Waals surface area contributed by atoms with E-state index < -0.39 is 18.0 Å². The van der Waals surface area contributed by atoms with Gasteiger partial charge in [0.05, 0.1) is 18.1 Å². The molecule has 136 valence electrons. The van der Waals surface area contributed by atoms with E-state index in [2.05, 4.69) is 6.92 Å². The largest absolute Gasteiger partial charge is 0.477 e. The van der Waals surface area contributed by atoms with Gasteiger partial charge in [0.1, 0.15) is 5.70 Å². The molecular weight excluding hydrogens is 318 g/mol. The van der Waals surface area contributed by atoms with Gasteiger partial charge < -0.3 is 15.1 Å². The Morgan fingerprint density at radius 3 is 2.24 bits per heavy atom. The van der Waals surface area contributed by atoms with Gasteiger partial charge in [-0.1, -0.05) is 52.0 Å². The van der Waals surface area contributed by atoms with Crippen molar-refractivity contribution >= 4 is 17.4 Å². The van der Waals surface area contributed by atoms with E-state index in [1.807, 2.05) is 45.0 Å². The Morgan fingerprint density at radius 2 is 1.80 bits per heavy atom. The average Bonchev–Trinajstić information content (AvgIpc) is 2.85. The molecule has 2 heterocycles. The Hall–Kier alpha value is -2.14. The topological polar surface area (TPSA) is 77.8 Å². The monoisotopic (exact) mass is 345 g/mol. The third kappa shape index (κ3) is 2.97. The number of rotatable bonds is 4. The van der Waals surface area contributed by atoms with Gasteiger partial charge in [0, 0.05) is 5.92 Å². The average molecular weight is 345 g/mol. The number of hydrogen-bond acceptors (Lipinski definition) is 3. The zero-order valence-corrected chi connectivity index (χ0v) is 15.5. The SMILES string of the molecule is CC.CCc1ccc(C2=C(C(=O)O)N3C(=O)C(C(C)O)C3C2C)cc1. The molecule has 1 aromatic carbocycles. The van der Waals surface area contributed by atoms with Crippen LogP contribution in [0.2, 0.25) is 0 Å². The molecule has 5 nitrogen and oxygen atoms in total. The van der Waals surface area contributed by atoms with Crippen molar-refractivity contribution < 1.29 is 19.8 Å². The second kappa shape index (κ2) is 7.40. The van der Waals surface area contributed by atoms with Crippen molar-refractivity contribution in [2.75, 3.05) is 0 Å². The smallest absolute Gasteiger partial charge is 0.352 e. The van der Waals surface area contributed by atoms with Crippen molar-refractivity contribution in [2.24, 2.45) is 11.8 Å². The first kappa shape index (κ1) is 19.2. The highest BCUT2D eigenvalue weighted by Gasteiger charge is 2.59. The molecule has 1 fully saturated rings. The molecule has 1 aromatic rings. The molecule has 0 aromatic heterocycles. The molecule has 0 aliphatic carbocycles. The number of β-lactam (4-membered cyclic amide) rings is 1. The van der Waals surface area contributed by atoms with Crippen LogP contribution < -0.4 is 0 Å². The van der Waals surface area contributed by atoms with Gasteiger partial charge in [0.2, 0.25) is 5.91 Å². The van der Waals surface area contributed by atoms with Crippen LogP contribution in [0.5, 0.6) is 0 Å². The number of aliphatic hydroxyl groups excluding tert-OH is 1. The molecule has 3 rings (SSSR count). The summed E-state index contributed by atoms with van der Waals surface area (Å²) < 4.78 is 0. The summed E-state index contributed by atoms with van der Waals surface area (Å²) in [7, 11) is 0. The number of carbonyl (C=O) groups is 2. The number of hydrogen-bond donors (Lipinski definition) is 2. The van der Waals surface area contributed by atoms with Crippen molar-refractivity contribution in [3.63, 3.8) is 0 Å². The van der Waals surface area contributed by atoms with E-state index in [4.69, 9.17) is 0 Å². The number of carboxylic acids is 1. The van der Waals surface area contributed by atoms with E-state index in [1.54, 1.807) is 6.92 Å². The summed E-state index contributed by atoms with van der Waals surface area (Å²) >= 11 is 0. The molecule has 2 aliphatic rings. The Morgan fingerprint density at radius 1 is 1.24 bits per heavy atom. The summed E-state index contributed by atoms with van der Waals surface area (Å²) in [5.74, 6) is -2.03. The maximum atomic E-state index is 12.3. The number of benzene rings is 1. The Bertz CT molecular complexity index is 690. The summed E-state index contributed by atoms with van der Waals surface area (Å²) in [4.78, 5) is 25.4. The molecular formula is C20H27NO4. The molecule has 2 aliphatic heterocycles. The van der Waals surface area contributed by atoms with Gasteiger partial charge in [-0.15, -0.1) is 0 Å². The van der Waals surface area contributed by atoms with Crippen LogP contribution in [-0.2, 0) is 16.0 Å². The van der Waals surface area contributed by atoms with Crippen LogP contribution in [0.3, 0.4) is 0 Å². The highest BCUT2D eigenvalue weighted by molar-refractivity contribution is 6.06. The van der Waals surface area contributed by atoms with Gasteiger partial charge in [-0.3, -0.25) is 4.79 Å². The molecule has 25 heavy (non-hydrogen) atoms. The molecule has 0 spiro atoms. The fourth-order valence-electron chi connectivity index (χ4n) is 3.87. The molecule has 1 saturated heterocycles. The highest BCUT2D eigenvalue weighted by Crippen LogP contribution is 2.50. The minimum absolute atomic E-state index is 0.0636. The van der Waals surface area contributed by atoms with E-state index in [0.29, 0.717) is 5.57 Å². The van der Waals surface area contributed by atoms with Gasteiger partial charge in [-0.2, -0.15) is 0 Å². The predicted molar refractivity (Wildman–Crippen MR) is 96.7 cm³/mol. The molecule has 0 radical (unpaired) electrons. The second-order valence-corrected chi connectivity index (χ2v) is 6.37. The van der Waals surface area contributed by atoms with E-state index in [-0.39, 0.29) is 23.6 Å². The fraction of sp³-hybridized carbons (Fsp3) is 0.500. The van der Waals surface area contributed by atoms with Crippen LogP contribution in [0, 0.1) is 11.8 Å². The van der Waals surface area contributed by atoms with Crippen LogP contribution in [0.15, 0.2) is 30.0 Å². The normalized spacial score (nSPS) is 25.8. The minimum Gasteiger partial charge on any atom is -0.477 e. The fourth-order valence-corrected chi connectivity index (χ4v) is 3.87. The Labute approximate surface area is 149 Å². The number of carboxylic acid groups (broad SMARTS) is 1. The van der Waals surface area contributed by atoms with Crippen molar-refractivity contribution in [3.05, 3.63) is 41.1 Å². The lowest BCUT2D eigenvalue weighted by molar-refractivity contribution is -0.163. The number of carbonyl (C=O) groups excluding carboxylic acids is 1. The lowest BCUT2D eigenvalue weighted by Crippen LogP contribution is -2.63. The van der Waals surface area contributed by atoms with Gasteiger partial charge in [0.25, 0.3) is 0 Å². The highest BCUT2D eigenvalue weighted by atomic mass is 16.4. The molecule has 0 bridgehead atoms. The number of nitrogens with zero attached hydrogens (tertiary/aromatic N) is 1. The molecule has 5 heteroatoms. The summed E-state index contributed by atoms with van der Waals surface area (Å²) in [6, 6.07) is 7.54. The van der Waals surface area contributed by atoms with Gasteiger partial charge in [-0.05, 0) is 30.0 Å². The van der Waals surface area contributed by atoms with E-state index in [9.17, 15) is 19.8 Å². The molecule has 1 amide bonds. The predicted octanol–water partition coefficient (Wildman–Crippen LogP) is 2.93. The Kier molecular flexibility index (Phi) is 5.68. The van der Waals surface area contributed by atoms with E-state index in [1.165, 1.54) is 10.5 Å². The van der Waals surface area contributed by atoms with Crippen molar-refractivity contribution in [1.82, 2.24) is 4.90 Å². The third-order valence-electron chi connectivity index (χ3n) is 5.05. The number of aliphatic hydroxyl groups is 1. The first-order valence-electron chi connectivity index (χ1n) is 8.96. The van der Waals surface area contributed by atoms with Crippen molar-refractivity contribution in [1.29, 1.82) is 0 Å². The van der Waals surface area contributed by atoms with Crippen LogP contribution in [-0.4, -0.2) is 39.1 Å². The number of amides is 1. The number of fused-ring (bicyclic) bond motifs is 1. The summed E-state index contributed by atoms with van der Waals surface area (Å²) in [6.45, 7) is 9.58. The van der Waals surface area contributed by atoms with Crippen molar-refractivity contribution in [3.8, 4) is 0 Å². The number of aliphatic carboxylic acids is 1. The first-order chi connectivity index (χ1) is 11.9.